The Morgan fingerprint density at radius 1 is 1.14 bits per heavy atom. The zero-order chi connectivity index (χ0) is 21.3. The monoisotopic (exact) mass is 407 g/mol. The van der Waals surface area contributed by atoms with Gasteiger partial charge in [-0.2, -0.15) is 0 Å². The Hall–Kier alpha value is -2.32. The number of benzene rings is 1. The van der Waals surface area contributed by atoms with E-state index in [1.54, 1.807) is 0 Å². The van der Waals surface area contributed by atoms with Crippen LogP contribution in [-0.2, 0) is 20.8 Å². The average Bonchev–Trinajstić information content (AvgIpc) is 2.63. The zero-order valence-electron chi connectivity index (χ0n) is 17.8. The van der Waals surface area contributed by atoms with Crippen LogP contribution in [0.4, 0.5) is 4.79 Å². The summed E-state index contributed by atoms with van der Waals surface area (Å²) in [6.07, 6.45) is 1.72. The molecule has 0 spiro atoms. The van der Waals surface area contributed by atoms with Crippen LogP contribution in [-0.4, -0.2) is 61.9 Å². The van der Waals surface area contributed by atoms with Crippen LogP contribution in [0, 0.1) is 0 Å². The molecule has 8 heteroatoms. The lowest BCUT2D eigenvalue weighted by Crippen LogP contribution is -2.46. The third-order valence-corrected chi connectivity index (χ3v) is 4.49. The third-order valence-electron chi connectivity index (χ3n) is 4.49. The van der Waals surface area contributed by atoms with Crippen LogP contribution in [0.25, 0.3) is 0 Å². The van der Waals surface area contributed by atoms with Crippen molar-refractivity contribution in [3.05, 3.63) is 29.8 Å². The van der Waals surface area contributed by atoms with Crippen molar-refractivity contribution in [3.8, 4) is 5.75 Å². The van der Waals surface area contributed by atoms with Gasteiger partial charge in [0.05, 0.1) is 13.5 Å². The van der Waals surface area contributed by atoms with Crippen LogP contribution in [0.15, 0.2) is 24.3 Å². The first kappa shape index (κ1) is 23.0. The molecule has 0 radical (unpaired) electrons. The topological polar surface area (TPSA) is 89.1 Å². The molecule has 1 fully saturated rings. The van der Waals surface area contributed by atoms with E-state index >= 15 is 0 Å². The second kappa shape index (κ2) is 11.0. The van der Waals surface area contributed by atoms with Crippen molar-refractivity contribution < 1.29 is 23.9 Å². The van der Waals surface area contributed by atoms with Gasteiger partial charge in [0.25, 0.3) is 0 Å². The van der Waals surface area contributed by atoms with E-state index in [0.29, 0.717) is 6.61 Å². The van der Waals surface area contributed by atoms with Gasteiger partial charge in [0.1, 0.15) is 18.0 Å². The lowest BCUT2D eigenvalue weighted by molar-refractivity contribution is -0.130. The Labute approximate surface area is 172 Å². The number of nitrogens with one attached hydrogen (secondary N) is 2. The predicted octanol–water partition coefficient (Wildman–Crippen LogP) is 2.27. The normalized spacial score (nSPS) is 15.6. The molecule has 0 aliphatic carbocycles. The number of piperidine rings is 1. The molecule has 1 heterocycles. The van der Waals surface area contributed by atoms with Gasteiger partial charge in [-0.05, 0) is 51.3 Å². The largest absolute Gasteiger partial charge is 0.492 e. The van der Waals surface area contributed by atoms with Crippen LogP contribution < -0.4 is 15.5 Å². The number of ether oxygens (including phenoxy) is 2. The molecule has 2 N–H and O–H groups in total. The van der Waals surface area contributed by atoms with Crippen molar-refractivity contribution in [2.75, 3.05) is 33.4 Å². The molecule has 1 aromatic rings. The van der Waals surface area contributed by atoms with Gasteiger partial charge in [-0.15, -0.1) is 0 Å². The summed E-state index contributed by atoms with van der Waals surface area (Å²) < 4.78 is 11.1. The van der Waals surface area contributed by atoms with Crippen molar-refractivity contribution in [3.63, 3.8) is 0 Å². The van der Waals surface area contributed by atoms with Crippen molar-refractivity contribution >= 4 is 12.0 Å². The molecule has 0 bridgehead atoms. The van der Waals surface area contributed by atoms with Crippen molar-refractivity contribution in [2.24, 2.45) is 0 Å². The summed E-state index contributed by atoms with van der Waals surface area (Å²) >= 11 is 0. The summed E-state index contributed by atoms with van der Waals surface area (Å²) in [5.74, 6) is 0.591. The molecule has 1 saturated heterocycles. The van der Waals surface area contributed by atoms with Crippen LogP contribution in [0.5, 0.6) is 5.75 Å². The Kier molecular flexibility index (Phi) is 8.72. The van der Waals surface area contributed by atoms with Crippen molar-refractivity contribution in [1.82, 2.24) is 15.7 Å². The molecular formula is C21H33N3O5. The van der Waals surface area contributed by atoms with Crippen LogP contribution >= 0.6 is 0 Å². The highest BCUT2D eigenvalue weighted by Gasteiger charge is 2.23. The van der Waals surface area contributed by atoms with Crippen LogP contribution in [0.2, 0.25) is 0 Å². The van der Waals surface area contributed by atoms with E-state index in [1.807, 2.05) is 45.0 Å². The maximum atomic E-state index is 11.9. The number of hydrogen-bond donors (Lipinski definition) is 2. The van der Waals surface area contributed by atoms with Gasteiger partial charge < -0.3 is 14.8 Å². The summed E-state index contributed by atoms with van der Waals surface area (Å²) in [4.78, 5) is 30.3. The van der Waals surface area contributed by atoms with Crippen molar-refractivity contribution in [2.45, 2.75) is 51.7 Å². The second-order valence-corrected chi connectivity index (χ2v) is 8.16. The first-order valence-electron chi connectivity index (χ1n) is 10.0. The quantitative estimate of drug-likeness (QED) is 0.643. The minimum Gasteiger partial charge on any atom is -0.492 e. The highest BCUT2D eigenvalue weighted by atomic mass is 16.6. The van der Waals surface area contributed by atoms with E-state index < -0.39 is 5.60 Å². The van der Waals surface area contributed by atoms with Crippen LogP contribution in [0.1, 0.15) is 39.2 Å². The molecule has 1 aliphatic rings. The summed E-state index contributed by atoms with van der Waals surface area (Å²) in [5.41, 5.74) is 2.72. The molecule has 162 valence electrons. The molecule has 2 rings (SSSR count). The maximum absolute atomic E-state index is 11.9. The molecule has 0 atom stereocenters. The summed E-state index contributed by atoms with van der Waals surface area (Å²) in [7, 11) is 1.41. The first-order valence-corrected chi connectivity index (χ1v) is 10.0. The summed E-state index contributed by atoms with van der Waals surface area (Å²) in [5, 5.41) is 2.95. The fraction of sp³-hybridized carbons (Fsp3) is 0.619. The molecular weight excluding hydrogens is 374 g/mol. The maximum Gasteiger partial charge on any atom is 0.407 e. The molecule has 2 amide bonds. The lowest BCUT2D eigenvalue weighted by Gasteiger charge is -2.32. The van der Waals surface area contributed by atoms with Crippen molar-refractivity contribution in [1.29, 1.82) is 0 Å². The number of amides is 2. The van der Waals surface area contributed by atoms with Gasteiger partial charge >= 0.3 is 6.09 Å². The number of nitrogens with zero attached hydrogens (tertiary/aromatic N) is 1. The Morgan fingerprint density at radius 2 is 1.79 bits per heavy atom. The molecule has 1 aliphatic heterocycles. The number of likely N-dealkylation sites (tertiary alicyclic amines) is 1. The number of alkyl carbamates (subject to hydrolysis) is 1. The Morgan fingerprint density at radius 3 is 2.38 bits per heavy atom. The van der Waals surface area contributed by atoms with E-state index in [9.17, 15) is 9.59 Å². The highest BCUT2D eigenvalue weighted by molar-refractivity contribution is 5.77. The van der Waals surface area contributed by atoms with E-state index in [2.05, 4.69) is 20.5 Å². The Balaban J connectivity index is 1.63. The van der Waals surface area contributed by atoms with E-state index in [0.717, 1.165) is 43.8 Å². The zero-order valence-corrected chi connectivity index (χ0v) is 17.8. The SMILES string of the molecule is CONC(=O)Cc1ccc(OCCN2CCC(NC(=O)OC(C)(C)C)CC2)cc1. The van der Waals surface area contributed by atoms with Crippen LogP contribution in [0.3, 0.4) is 0 Å². The summed E-state index contributed by atoms with van der Waals surface area (Å²) in [6, 6.07) is 7.64. The van der Waals surface area contributed by atoms with Gasteiger partial charge in [0.2, 0.25) is 5.91 Å². The van der Waals surface area contributed by atoms with Gasteiger partial charge in [-0.1, -0.05) is 12.1 Å². The molecule has 29 heavy (non-hydrogen) atoms. The van der Waals surface area contributed by atoms with E-state index in [1.165, 1.54) is 7.11 Å². The number of carbonyl (C=O) groups excluding carboxylic acids is 2. The minimum atomic E-state index is -0.476. The number of rotatable bonds is 8. The third kappa shape index (κ3) is 9.15. The van der Waals surface area contributed by atoms with Gasteiger partial charge in [-0.25, -0.2) is 10.3 Å². The number of carbonyl (C=O) groups is 2. The van der Waals surface area contributed by atoms with Gasteiger partial charge in [0.15, 0.2) is 0 Å². The molecule has 0 unspecified atom stereocenters. The minimum absolute atomic E-state index is 0.157. The smallest absolute Gasteiger partial charge is 0.407 e. The second-order valence-electron chi connectivity index (χ2n) is 8.16. The number of hydrogen-bond acceptors (Lipinski definition) is 6. The van der Waals surface area contributed by atoms with E-state index in [4.69, 9.17) is 9.47 Å². The molecule has 8 nitrogen and oxygen atoms in total. The highest BCUT2D eigenvalue weighted by Crippen LogP contribution is 2.15. The van der Waals surface area contributed by atoms with E-state index in [-0.39, 0.29) is 24.5 Å². The predicted molar refractivity (Wildman–Crippen MR) is 110 cm³/mol. The standard InChI is InChI=1S/C21H33N3O5/c1-21(2,3)29-20(26)22-17-9-11-24(12-10-17)13-14-28-18-7-5-16(6-8-18)15-19(25)23-27-4/h5-8,17H,9-15H2,1-4H3,(H,22,26)(H,23,25). The fourth-order valence-corrected chi connectivity index (χ4v) is 3.11. The number of hydroxylamine groups is 1. The molecule has 0 aromatic heterocycles. The lowest BCUT2D eigenvalue weighted by atomic mass is 10.1. The Bertz CT molecular complexity index is 649. The summed E-state index contributed by atoms with van der Waals surface area (Å²) in [6.45, 7) is 8.84. The first-order chi connectivity index (χ1) is 13.7. The molecule has 0 saturated carbocycles. The fourth-order valence-electron chi connectivity index (χ4n) is 3.11. The molecule has 1 aromatic carbocycles. The average molecular weight is 408 g/mol. The van der Waals surface area contributed by atoms with Gasteiger partial charge in [0, 0.05) is 25.7 Å². The van der Waals surface area contributed by atoms with Gasteiger partial charge in [-0.3, -0.25) is 14.5 Å².